The molecule has 7 heteroatoms. The number of methoxy groups -OCH3 is 1. The minimum Gasteiger partial charge on any atom is -0.493 e. The van der Waals surface area contributed by atoms with Gasteiger partial charge in [0.25, 0.3) is 5.91 Å². The average molecular weight is 381 g/mol. The summed E-state index contributed by atoms with van der Waals surface area (Å²) in [6.07, 6.45) is -0.694. The topological polar surface area (TPSA) is 77.7 Å². The Kier molecular flexibility index (Phi) is 5.93. The van der Waals surface area contributed by atoms with Crippen LogP contribution in [0.1, 0.15) is 18.4 Å². The van der Waals surface area contributed by atoms with E-state index in [4.69, 9.17) is 14.0 Å². The molecule has 0 saturated carbocycles. The normalized spacial score (nSPS) is 11.7. The van der Waals surface area contributed by atoms with Crippen LogP contribution in [0.4, 0.5) is 0 Å². The van der Waals surface area contributed by atoms with Crippen molar-refractivity contribution < 1.29 is 18.8 Å². The van der Waals surface area contributed by atoms with Gasteiger partial charge in [-0.25, -0.2) is 0 Å². The second-order valence-electron chi connectivity index (χ2n) is 6.48. The predicted molar refractivity (Wildman–Crippen MR) is 104 cm³/mol. The zero-order chi connectivity index (χ0) is 20.1. The number of hydrogen-bond acceptors (Lipinski definition) is 6. The van der Waals surface area contributed by atoms with Gasteiger partial charge in [-0.05, 0) is 26.0 Å². The average Bonchev–Trinajstić information content (AvgIpc) is 3.16. The van der Waals surface area contributed by atoms with Gasteiger partial charge in [0.15, 0.2) is 17.6 Å². The third kappa shape index (κ3) is 4.49. The van der Waals surface area contributed by atoms with Crippen molar-refractivity contribution in [2.45, 2.75) is 26.5 Å². The van der Waals surface area contributed by atoms with Crippen LogP contribution in [0.2, 0.25) is 0 Å². The van der Waals surface area contributed by atoms with Crippen LogP contribution in [0.15, 0.2) is 53.1 Å². The maximum absolute atomic E-state index is 12.6. The first-order valence-electron chi connectivity index (χ1n) is 8.92. The Morgan fingerprint density at radius 2 is 1.82 bits per heavy atom. The van der Waals surface area contributed by atoms with Gasteiger partial charge in [0.2, 0.25) is 11.7 Å². The zero-order valence-electron chi connectivity index (χ0n) is 16.4. The molecule has 0 bridgehead atoms. The first kappa shape index (κ1) is 19.4. The summed E-state index contributed by atoms with van der Waals surface area (Å²) in [5.41, 5.74) is 2.02. The molecule has 0 radical (unpaired) electrons. The summed E-state index contributed by atoms with van der Waals surface area (Å²) in [6.45, 7) is 3.90. The number of aryl methyl sites for hydroxylation is 1. The van der Waals surface area contributed by atoms with Crippen molar-refractivity contribution >= 4 is 5.91 Å². The molecule has 0 N–H and O–H groups in total. The molecule has 3 rings (SSSR count). The molecule has 0 saturated heterocycles. The second-order valence-corrected chi connectivity index (χ2v) is 6.48. The Balaban J connectivity index is 1.63. The van der Waals surface area contributed by atoms with Gasteiger partial charge in [0, 0.05) is 12.6 Å². The van der Waals surface area contributed by atoms with E-state index in [1.165, 1.54) is 4.90 Å². The number of aromatic nitrogens is 2. The van der Waals surface area contributed by atoms with Gasteiger partial charge in [0.1, 0.15) is 0 Å². The summed E-state index contributed by atoms with van der Waals surface area (Å²) in [6, 6.07) is 15.0. The van der Waals surface area contributed by atoms with Crippen LogP contribution in [0, 0.1) is 6.92 Å². The van der Waals surface area contributed by atoms with Crippen molar-refractivity contribution in [2.75, 3.05) is 14.2 Å². The molecule has 146 valence electrons. The largest absolute Gasteiger partial charge is 0.493 e. The Hall–Kier alpha value is -3.35. The summed E-state index contributed by atoms with van der Waals surface area (Å²) in [4.78, 5) is 18.5. The van der Waals surface area contributed by atoms with E-state index in [0.29, 0.717) is 23.2 Å². The lowest BCUT2D eigenvalue weighted by molar-refractivity contribution is -0.137. The highest BCUT2D eigenvalue weighted by molar-refractivity contribution is 5.80. The summed E-state index contributed by atoms with van der Waals surface area (Å²) in [5, 5.41) is 3.99. The number of carbonyl (C=O) groups excluding carboxylic acids is 1. The molecule has 0 aliphatic rings. The van der Waals surface area contributed by atoms with Crippen LogP contribution in [0.3, 0.4) is 0 Å². The lowest BCUT2D eigenvalue weighted by Crippen LogP contribution is -2.37. The lowest BCUT2D eigenvalue weighted by Gasteiger charge is -2.21. The minimum absolute atomic E-state index is 0.192. The van der Waals surface area contributed by atoms with E-state index in [-0.39, 0.29) is 12.5 Å². The van der Waals surface area contributed by atoms with Crippen molar-refractivity contribution in [3.8, 4) is 22.9 Å². The SMILES string of the molecule is COc1ccccc1O[C@@H](C)C(=O)N(C)Cc1nc(-c2ccc(C)cc2)no1. The van der Waals surface area contributed by atoms with E-state index in [1.54, 1.807) is 33.2 Å². The number of likely N-dealkylation sites (N-methyl/N-ethyl adjacent to an activating group) is 1. The van der Waals surface area contributed by atoms with Crippen LogP contribution >= 0.6 is 0 Å². The van der Waals surface area contributed by atoms with Gasteiger partial charge in [-0.1, -0.05) is 47.1 Å². The van der Waals surface area contributed by atoms with E-state index in [9.17, 15) is 4.79 Å². The Morgan fingerprint density at radius 1 is 1.14 bits per heavy atom. The van der Waals surface area contributed by atoms with E-state index in [0.717, 1.165) is 11.1 Å². The monoisotopic (exact) mass is 381 g/mol. The van der Waals surface area contributed by atoms with Crippen LogP contribution in [0.5, 0.6) is 11.5 Å². The molecule has 0 unspecified atom stereocenters. The lowest BCUT2D eigenvalue weighted by atomic mass is 10.1. The molecule has 2 aromatic carbocycles. The van der Waals surface area contributed by atoms with Gasteiger partial charge in [0.05, 0.1) is 13.7 Å². The summed E-state index contributed by atoms with van der Waals surface area (Å²) >= 11 is 0. The van der Waals surface area contributed by atoms with Gasteiger partial charge in [-0.15, -0.1) is 0 Å². The van der Waals surface area contributed by atoms with Crippen LogP contribution in [0.25, 0.3) is 11.4 Å². The fourth-order valence-corrected chi connectivity index (χ4v) is 2.69. The number of nitrogens with zero attached hydrogens (tertiary/aromatic N) is 3. The first-order valence-corrected chi connectivity index (χ1v) is 8.92. The summed E-state index contributed by atoms with van der Waals surface area (Å²) in [7, 11) is 3.22. The number of para-hydroxylation sites is 2. The van der Waals surface area contributed by atoms with Crippen molar-refractivity contribution in [3.05, 3.63) is 60.0 Å². The predicted octanol–water partition coefficient (Wildman–Crippen LogP) is 3.48. The number of amides is 1. The highest BCUT2D eigenvalue weighted by Crippen LogP contribution is 2.27. The van der Waals surface area contributed by atoms with Crippen LogP contribution in [-0.4, -0.2) is 41.2 Å². The first-order chi connectivity index (χ1) is 13.5. The number of ether oxygens (including phenoxy) is 2. The molecule has 0 aliphatic heterocycles. The molecule has 1 amide bonds. The quantitative estimate of drug-likeness (QED) is 0.624. The van der Waals surface area contributed by atoms with Crippen molar-refractivity contribution in [2.24, 2.45) is 0 Å². The number of carbonyl (C=O) groups is 1. The Labute approximate surface area is 163 Å². The van der Waals surface area contributed by atoms with E-state index in [2.05, 4.69) is 10.1 Å². The molecule has 3 aromatic rings. The maximum atomic E-state index is 12.6. The second kappa shape index (κ2) is 8.56. The van der Waals surface area contributed by atoms with Gasteiger partial charge in [-0.3, -0.25) is 4.79 Å². The smallest absolute Gasteiger partial charge is 0.263 e. The molecule has 1 aromatic heterocycles. The standard InChI is InChI=1S/C21H23N3O4/c1-14-9-11-16(12-10-14)20-22-19(28-23-20)13-24(3)21(25)15(2)27-18-8-6-5-7-17(18)26-4/h5-12,15H,13H2,1-4H3/t15-/m0/s1. The molecule has 1 atom stereocenters. The van der Waals surface area contributed by atoms with E-state index < -0.39 is 6.10 Å². The molecular weight excluding hydrogens is 358 g/mol. The van der Waals surface area contributed by atoms with E-state index in [1.807, 2.05) is 43.3 Å². The highest BCUT2D eigenvalue weighted by Gasteiger charge is 2.22. The van der Waals surface area contributed by atoms with Crippen molar-refractivity contribution in [3.63, 3.8) is 0 Å². The van der Waals surface area contributed by atoms with Crippen LogP contribution < -0.4 is 9.47 Å². The third-order valence-electron chi connectivity index (χ3n) is 4.25. The fourth-order valence-electron chi connectivity index (χ4n) is 2.69. The Morgan fingerprint density at radius 3 is 2.50 bits per heavy atom. The molecule has 1 heterocycles. The number of hydrogen-bond donors (Lipinski definition) is 0. The number of benzene rings is 2. The van der Waals surface area contributed by atoms with Gasteiger partial charge < -0.3 is 18.9 Å². The fraction of sp³-hybridized carbons (Fsp3) is 0.286. The summed E-state index contributed by atoms with van der Waals surface area (Å²) in [5.74, 6) is 1.73. The molecule has 7 nitrogen and oxygen atoms in total. The molecule has 0 spiro atoms. The molecule has 28 heavy (non-hydrogen) atoms. The highest BCUT2D eigenvalue weighted by atomic mass is 16.5. The summed E-state index contributed by atoms with van der Waals surface area (Å²) < 4.78 is 16.3. The van der Waals surface area contributed by atoms with Gasteiger partial charge >= 0.3 is 0 Å². The van der Waals surface area contributed by atoms with Gasteiger partial charge in [-0.2, -0.15) is 4.98 Å². The van der Waals surface area contributed by atoms with Crippen LogP contribution in [-0.2, 0) is 11.3 Å². The van der Waals surface area contributed by atoms with Crippen molar-refractivity contribution in [1.82, 2.24) is 15.0 Å². The van der Waals surface area contributed by atoms with Crippen molar-refractivity contribution in [1.29, 1.82) is 0 Å². The maximum Gasteiger partial charge on any atom is 0.263 e. The zero-order valence-corrected chi connectivity index (χ0v) is 16.4. The number of rotatable bonds is 7. The third-order valence-corrected chi connectivity index (χ3v) is 4.25. The molecule has 0 aliphatic carbocycles. The molecular formula is C21H23N3O4. The van der Waals surface area contributed by atoms with E-state index >= 15 is 0 Å². The molecule has 0 fully saturated rings. The Bertz CT molecular complexity index is 937. The minimum atomic E-state index is -0.694.